The van der Waals surface area contributed by atoms with Gasteiger partial charge < -0.3 is 9.64 Å². The molecular formula is C4H8ClNO2. The molecule has 3 nitrogen and oxygen atoms in total. The number of carbonyl (C=O) groups is 1. The average molecular weight is 138 g/mol. The van der Waals surface area contributed by atoms with Gasteiger partial charge in [-0.25, -0.2) is 4.79 Å². The highest BCUT2D eigenvalue weighted by Crippen LogP contribution is 1.85. The number of carbonyl (C=O) groups excluding carboxylic acids is 1. The Labute approximate surface area is 53.2 Å². The van der Waals surface area contributed by atoms with Crippen molar-refractivity contribution in [2.75, 3.05) is 20.2 Å². The van der Waals surface area contributed by atoms with E-state index in [-0.39, 0.29) is 6.07 Å². The second-order valence-electron chi connectivity index (χ2n) is 1.41. The van der Waals surface area contributed by atoms with Crippen molar-refractivity contribution in [1.29, 1.82) is 0 Å². The standard InChI is InChI=1S/C4H8ClNO2/c1-6(2)4(7)8-3-5/h3H2,1-2H3. The smallest absolute Gasteiger partial charge is 0.410 e. The van der Waals surface area contributed by atoms with Crippen molar-refractivity contribution < 1.29 is 9.53 Å². The lowest BCUT2D eigenvalue weighted by Crippen LogP contribution is -2.22. The minimum Gasteiger partial charge on any atom is -0.433 e. The quantitative estimate of drug-likeness (QED) is 0.502. The Balaban J connectivity index is 3.33. The number of hydrogen-bond acceptors (Lipinski definition) is 2. The molecule has 0 spiro atoms. The maximum absolute atomic E-state index is 10.4. The van der Waals surface area contributed by atoms with Crippen molar-refractivity contribution in [2.24, 2.45) is 0 Å². The van der Waals surface area contributed by atoms with E-state index in [1.54, 1.807) is 14.1 Å². The summed E-state index contributed by atoms with van der Waals surface area (Å²) < 4.78 is 4.36. The number of nitrogens with zero attached hydrogens (tertiary/aromatic N) is 1. The van der Waals surface area contributed by atoms with Gasteiger partial charge >= 0.3 is 6.09 Å². The van der Waals surface area contributed by atoms with E-state index in [4.69, 9.17) is 11.6 Å². The maximum atomic E-state index is 10.4. The van der Waals surface area contributed by atoms with Crippen LogP contribution in [-0.4, -0.2) is 31.2 Å². The zero-order chi connectivity index (χ0) is 6.57. The molecule has 0 fully saturated rings. The van der Waals surface area contributed by atoms with Crippen LogP contribution in [0.2, 0.25) is 0 Å². The van der Waals surface area contributed by atoms with Crippen LogP contribution in [0.4, 0.5) is 4.79 Å². The third-order valence-electron chi connectivity index (χ3n) is 0.543. The van der Waals surface area contributed by atoms with Gasteiger partial charge in [-0.1, -0.05) is 11.6 Å². The van der Waals surface area contributed by atoms with Gasteiger partial charge in [-0.05, 0) is 0 Å². The summed E-state index contributed by atoms with van der Waals surface area (Å²) in [6.07, 6.45) is -0.417. The van der Waals surface area contributed by atoms with Crippen LogP contribution in [0.15, 0.2) is 0 Å². The summed E-state index contributed by atoms with van der Waals surface area (Å²) >= 11 is 5.07. The van der Waals surface area contributed by atoms with Crippen LogP contribution in [0, 0.1) is 0 Å². The Morgan fingerprint density at radius 3 is 2.38 bits per heavy atom. The lowest BCUT2D eigenvalue weighted by Gasteiger charge is -2.07. The van der Waals surface area contributed by atoms with Crippen molar-refractivity contribution in [3.8, 4) is 0 Å². The van der Waals surface area contributed by atoms with Gasteiger partial charge in [0.25, 0.3) is 0 Å². The molecule has 0 radical (unpaired) electrons. The fourth-order valence-electron chi connectivity index (χ4n) is 0.176. The largest absolute Gasteiger partial charge is 0.433 e. The number of alkyl halides is 1. The normalized spacial score (nSPS) is 8.38. The molecule has 0 N–H and O–H groups in total. The van der Waals surface area contributed by atoms with E-state index in [9.17, 15) is 4.79 Å². The molecule has 0 aromatic heterocycles. The highest BCUT2D eigenvalue weighted by Gasteiger charge is 2.00. The summed E-state index contributed by atoms with van der Waals surface area (Å²) in [6.45, 7) is 0. The van der Waals surface area contributed by atoms with Gasteiger partial charge in [0.15, 0.2) is 6.07 Å². The molecule has 0 unspecified atom stereocenters. The maximum Gasteiger partial charge on any atom is 0.410 e. The number of hydrogen-bond donors (Lipinski definition) is 0. The molecule has 0 saturated heterocycles. The van der Waals surface area contributed by atoms with Gasteiger partial charge in [0.05, 0.1) is 0 Å². The van der Waals surface area contributed by atoms with Crippen molar-refractivity contribution in [3.05, 3.63) is 0 Å². The van der Waals surface area contributed by atoms with Crippen LogP contribution in [-0.2, 0) is 4.74 Å². The Bertz CT molecular complexity index is 84.1. The van der Waals surface area contributed by atoms with Crippen LogP contribution >= 0.6 is 11.6 Å². The number of halogens is 1. The number of ether oxygens (including phenoxy) is 1. The van der Waals surface area contributed by atoms with E-state index in [1.165, 1.54) is 4.90 Å². The highest BCUT2D eigenvalue weighted by atomic mass is 35.5. The molecule has 0 aliphatic carbocycles. The molecule has 48 valence electrons. The van der Waals surface area contributed by atoms with Crippen molar-refractivity contribution in [3.63, 3.8) is 0 Å². The molecule has 0 saturated carbocycles. The Kier molecular flexibility index (Phi) is 3.35. The zero-order valence-electron chi connectivity index (χ0n) is 4.85. The molecule has 0 heterocycles. The lowest BCUT2D eigenvalue weighted by molar-refractivity contribution is 0.135. The molecule has 0 aromatic rings. The van der Waals surface area contributed by atoms with E-state index in [0.717, 1.165) is 0 Å². The van der Waals surface area contributed by atoms with Crippen LogP contribution < -0.4 is 0 Å². The van der Waals surface area contributed by atoms with Gasteiger partial charge in [-0.15, -0.1) is 0 Å². The summed E-state index contributed by atoms with van der Waals surface area (Å²) in [5.74, 6) is 0. The monoisotopic (exact) mass is 137 g/mol. The van der Waals surface area contributed by atoms with E-state index < -0.39 is 6.09 Å². The Morgan fingerprint density at radius 1 is 1.75 bits per heavy atom. The highest BCUT2D eigenvalue weighted by molar-refractivity contribution is 6.17. The molecule has 0 rings (SSSR count). The van der Waals surface area contributed by atoms with Gasteiger partial charge in [0.2, 0.25) is 0 Å². The first-order chi connectivity index (χ1) is 3.68. The molecule has 1 amide bonds. The minimum atomic E-state index is -0.417. The fourth-order valence-corrected chi connectivity index (χ4v) is 0.269. The predicted octanol–water partition coefficient (Wildman–Crippen LogP) is 0.881. The molecule has 8 heavy (non-hydrogen) atoms. The number of rotatable bonds is 1. The molecule has 0 bridgehead atoms. The van der Waals surface area contributed by atoms with Gasteiger partial charge in [-0.3, -0.25) is 0 Å². The minimum absolute atomic E-state index is 0.0863. The third-order valence-corrected chi connectivity index (χ3v) is 0.652. The van der Waals surface area contributed by atoms with E-state index in [2.05, 4.69) is 4.74 Å². The zero-order valence-corrected chi connectivity index (χ0v) is 5.60. The second-order valence-corrected chi connectivity index (χ2v) is 1.63. The van der Waals surface area contributed by atoms with E-state index >= 15 is 0 Å². The molecule has 0 atom stereocenters. The summed E-state index contributed by atoms with van der Waals surface area (Å²) in [5, 5.41) is 0. The third kappa shape index (κ3) is 2.69. The fraction of sp³-hybridized carbons (Fsp3) is 0.750. The molecular weight excluding hydrogens is 130 g/mol. The SMILES string of the molecule is CN(C)C(=O)OCCl. The first kappa shape index (κ1) is 7.56. The Hall–Kier alpha value is -0.440. The van der Waals surface area contributed by atoms with Crippen LogP contribution in [0.3, 0.4) is 0 Å². The first-order valence-electron chi connectivity index (χ1n) is 2.08. The van der Waals surface area contributed by atoms with Crippen LogP contribution in [0.5, 0.6) is 0 Å². The van der Waals surface area contributed by atoms with E-state index in [1.807, 2.05) is 0 Å². The van der Waals surface area contributed by atoms with Crippen molar-refractivity contribution >= 4 is 17.7 Å². The van der Waals surface area contributed by atoms with E-state index in [0.29, 0.717) is 0 Å². The molecule has 0 aliphatic rings. The second kappa shape index (κ2) is 3.55. The lowest BCUT2D eigenvalue weighted by atomic mass is 10.9. The van der Waals surface area contributed by atoms with Crippen molar-refractivity contribution in [1.82, 2.24) is 4.90 Å². The topological polar surface area (TPSA) is 29.5 Å². The van der Waals surface area contributed by atoms with Gasteiger partial charge in [0, 0.05) is 14.1 Å². The first-order valence-corrected chi connectivity index (χ1v) is 2.62. The van der Waals surface area contributed by atoms with Crippen LogP contribution in [0.1, 0.15) is 0 Å². The molecule has 4 heteroatoms. The van der Waals surface area contributed by atoms with Gasteiger partial charge in [0.1, 0.15) is 0 Å². The molecule has 0 aliphatic heterocycles. The van der Waals surface area contributed by atoms with Gasteiger partial charge in [-0.2, -0.15) is 0 Å². The predicted molar refractivity (Wildman–Crippen MR) is 30.9 cm³/mol. The Morgan fingerprint density at radius 2 is 2.25 bits per heavy atom. The summed E-state index contributed by atoms with van der Waals surface area (Å²) in [7, 11) is 3.18. The van der Waals surface area contributed by atoms with Crippen molar-refractivity contribution in [2.45, 2.75) is 0 Å². The summed E-state index contributed by atoms with van der Waals surface area (Å²) in [4.78, 5) is 11.7. The average Bonchev–Trinajstić information content (AvgIpc) is 1.67. The van der Waals surface area contributed by atoms with Crippen LogP contribution in [0.25, 0.3) is 0 Å². The molecule has 0 aromatic carbocycles. The summed E-state index contributed by atoms with van der Waals surface area (Å²) in [6, 6.07) is -0.0863. The number of amides is 1. The summed E-state index contributed by atoms with van der Waals surface area (Å²) in [5.41, 5.74) is 0.